The number of halogens is 4. The van der Waals surface area contributed by atoms with E-state index in [4.69, 9.17) is 16.7 Å². The quantitative estimate of drug-likeness (QED) is 0.776. The zero-order valence-electron chi connectivity index (χ0n) is 10.8. The van der Waals surface area contributed by atoms with Gasteiger partial charge in [-0.3, -0.25) is 10.1 Å². The lowest BCUT2D eigenvalue weighted by atomic mass is 10.0. The second-order valence-electron chi connectivity index (χ2n) is 4.31. The van der Waals surface area contributed by atoms with E-state index >= 15 is 0 Å². The molecule has 0 radical (unpaired) electrons. The van der Waals surface area contributed by atoms with Crippen LogP contribution in [-0.2, 0) is 9.59 Å². The van der Waals surface area contributed by atoms with Gasteiger partial charge in [-0.1, -0.05) is 23.7 Å². The Bertz CT molecular complexity index is 551. The molecule has 0 bridgehead atoms. The number of para-hydroxylation sites is 1. The third-order valence-electron chi connectivity index (χ3n) is 2.75. The average Bonchev–Trinajstić information content (AvgIpc) is 2.37. The van der Waals surface area contributed by atoms with Crippen molar-refractivity contribution in [3.63, 3.8) is 0 Å². The number of carboxylic acid groups (broad SMARTS) is 1. The highest BCUT2D eigenvalue weighted by atomic mass is 35.5. The molecular weight excluding hydrogens is 313 g/mol. The third kappa shape index (κ3) is 4.08. The van der Waals surface area contributed by atoms with Crippen molar-refractivity contribution in [2.45, 2.75) is 18.6 Å². The summed E-state index contributed by atoms with van der Waals surface area (Å²) in [6, 6.07) is 6.13. The first kappa shape index (κ1) is 17.3. The van der Waals surface area contributed by atoms with Crippen molar-refractivity contribution in [1.29, 1.82) is 0 Å². The minimum Gasteiger partial charge on any atom is -0.480 e. The number of aliphatic carboxylic acids is 1. The molecule has 3 N–H and O–H groups in total. The second kappa shape index (κ2) is 6.31. The Morgan fingerprint density at radius 1 is 1.29 bits per heavy atom. The molecule has 1 atom stereocenters. The summed E-state index contributed by atoms with van der Waals surface area (Å²) in [6.07, 6.45) is -5.05. The maximum Gasteiger partial charge on any atom is 0.417 e. The van der Waals surface area contributed by atoms with E-state index in [0.717, 1.165) is 0 Å². The van der Waals surface area contributed by atoms with Gasteiger partial charge in [-0.15, -0.1) is 0 Å². The van der Waals surface area contributed by atoms with Crippen molar-refractivity contribution in [3.05, 3.63) is 29.3 Å². The van der Waals surface area contributed by atoms with E-state index in [1.165, 1.54) is 12.1 Å². The van der Waals surface area contributed by atoms with E-state index in [0.29, 0.717) is 6.92 Å². The Balaban J connectivity index is 2.72. The van der Waals surface area contributed by atoms with Gasteiger partial charge in [0, 0.05) is 0 Å². The number of alkyl halides is 3. The molecule has 0 heterocycles. The number of benzene rings is 1. The first-order valence-electron chi connectivity index (χ1n) is 5.67. The van der Waals surface area contributed by atoms with Crippen LogP contribution in [0.15, 0.2) is 24.3 Å². The lowest BCUT2D eigenvalue weighted by Gasteiger charge is -2.28. The summed E-state index contributed by atoms with van der Waals surface area (Å²) in [7, 11) is 0. The van der Waals surface area contributed by atoms with Crippen LogP contribution in [0.1, 0.15) is 6.92 Å². The first-order valence-corrected chi connectivity index (χ1v) is 6.05. The molecule has 1 unspecified atom stereocenters. The number of carbonyl (C=O) groups excluding carboxylic acids is 1. The lowest BCUT2D eigenvalue weighted by molar-refractivity contribution is -0.205. The highest BCUT2D eigenvalue weighted by molar-refractivity contribution is 6.33. The third-order valence-corrected chi connectivity index (χ3v) is 3.07. The van der Waals surface area contributed by atoms with Gasteiger partial charge in [-0.05, 0) is 19.1 Å². The topological polar surface area (TPSA) is 78.4 Å². The van der Waals surface area contributed by atoms with Crippen molar-refractivity contribution in [2.75, 3.05) is 11.9 Å². The summed E-state index contributed by atoms with van der Waals surface area (Å²) in [5.41, 5.74) is -3.00. The van der Waals surface area contributed by atoms with Crippen LogP contribution in [0, 0.1) is 0 Å². The zero-order chi connectivity index (χ0) is 16.3. The van der Waals surface area contributed by atoms with E-state index in [1.807, 2.05) is 0 Å². The van der Waals surface area contributed by atoms with E-state index in [9.17, 15) is 22.8 Å². The summed E-state index contributed by atoms with van der Waals surface area (Å²) >= 11 is 5.77. The molecule has 0 saturated carbocycles. The monoisotopic (exact) mass is 324 g/mol. The van der Waals surface area contributed by atoms with Gasteiger partial charge < -0.3 is 10.4 Å². The van der Waals surface area contributed by atoms with E-state index in [1.54, 1.807) is 17.4 Å². The van der Waals surface area contributed by atoms with Crippen molar-refractivity contribution in [2.24, 2.45) is 0 Å². The molecule has 21 heavy (non-hydrogen) atoms. The first-order chi connectivity index (χ1) is 9.58. The normalized spacial score (nSPS) is 14.3. The van der Waals surface area contributed by atoms with Crippen LogP contribution in [0.2, 0.25) is 5.02 Å². The Labute approximate surface area is 123 Å². The van der Waals surface area contributed by atoms with Crippen LogP contribution < -0.4 is 10.6 Å². The number of hydrogen-bond donors (Lipinski definition) is 3. The number of nitrogens with one attached hydrogen (secondary N) is 2. The SMILES string of the molecule is CC(NCC(=O)Nc1ccccc1Cl)(C(=O)O)C(F)(F)F. The maximum atomic E-state index is 12.7. The standard InChI is InChI=1S/C12H12ClF3N2O3/c1-11(10(20)21,12(14,15)16)17-6-9(19)18-8-5-3-2-4-7(8)13/h2-5,17H,6H2,1H3,(H,18,19)(H,20,21). The average molecular weight is 325 g/mol. The number of amides is 1. The Hall–Kier alpha value is -1.80. The van der Waals surface area contributed by atoms with Crippen molar-refractivity contribution >= 4 is 29.2 Å². The smallest absolute Gasteiger partial charge is 0.417 e. The fourth-order valence-corrected chi connectivity index (χ4v) is 1.49. The van der Waals surface area contributed by atoms with Crippen LogP contribution in [-0.4, -0.2) is 35.2 Å². The van der Waals surface area contributed by atoms with Gasteiger partial charge in [0.1, 0.15) is 0 Å². The number of rotatable bonds is 5. The molecule has 0 spiro atoms. The van der Waals surface area contributed by atoms with Crippen LogP contribution >= 0.6 is 11.6 Å². The molecule has 116 valence electrons. The second-order valence-corrected chi connectivity index (χ2v) is 4.72. The van der Waals surface area contributed by atoms with Crippen LogP contribution in [0.25, 0.3) is 0 Å². The molecule has 9 heteroatoms. The largest absolute Gasteiger partial charge is 0.480 e. The summed E-state index contributed by atoms with van der Waals surface area (Å²) < 4.78 is 38.1. The molecule has 1 aromatic rings. The van der Waals surface area contributed by atoms with Gasteiger partial charge in [-0.25, -0.2) is 4.79 Å². The Morgan fingerprint density at radius 2 is 1.86 bits per heavy atom. The van der Waals surface area contributed by atoms with Crippen LogP contribution in [0.3, 0.4) is 0 Å². The molecule has 5 nitrogen and oxygen atoms in total. The van der Waals surface area contributed by atoms with E-state index in [-0.39, 0.29) is 10.7 Å². The van der Waals surface area contributed by atoms with E-state index in [2.05, 4.69) is 5.32 Å². The van der Waals surface area contributed by atoms with Gasteiger partial charge in [0.25, 0.3) is 0 Å². The number of carbonyl (C=O) groups is 2. The predicted molar refractivity (Wildman–Crippen MR) is 70.2 cm³/mol. The molecule has 0 aliphatic rings. The van der Waals surface area contributed by atoms with Crippen molar-refractivity contribution in [3.8, 4) is 0 Å². The van der Waals surface area contributed by atoms with Gasteiger partial charge in [0.15, 0.2) is 0 Å². The highest BCUT2D eigenvalue weighted by Gasteiger charge is 2.57. The molecule has 1 rings (SSSR count). The predicted octanol–water partition coefficient (Wildman–Crippen LogP) is 2.27. The molecule has 0 aliphatic heterocycles. The lowest BCUT2D eigenvalue weighted by Crippen LogP contribution is -2.61. The van der Waals surface area contributed by atoms with Gasteiger partial charge in [0.05, 0.1) is 17.3 Å². The molecule has 0 aromatic heterocycles. The van der Waals surface area contributed by atoms with Gasteiger partial charge in [0.2, 0.25) is 11.4 Å². The Morgan fingerprint density at radius 3 is 2.33 bits per heavy atom. The molecule has 1 aromatic carbocycles. The van der Waals surface area contributed by atoms with Gasteiger partial charge in [-0.2, -0.15) is 13.2 Å². The fourth-order valence-electron chi connectivity index (χ4n) is 1.31. The number of hydrogen-bond acceptors (Lipinski definition) is 3. The number of anilines is 1. The van der Waals surface area contributed by atoms with Crippen molar-refractivity contribution in [1.82, 2.24) is 5.32 Å². The van der Waals surface area contributed by atoms with Crippen LogP contribution in [0.5, 0.6) is 0 Å². The minimum absolute atomic E-state index is 0.211. The highest BCUT2D eigenvalue weighted by Crippen LogP contribution is 2.30. The fraction of sp³-hybridized carbons (Fsp3) is 0.333. The van der Waals surface area contributed by atoms with Crippen LogP contribution in [0.4, 0.5) is 18.9 Å². The minimum atomic E-state index is -5.05. The van der Waals surface area contributed by atoms with Gasteiger partial charge >= 0.3 is 12.1 Å². The zero-order valence-corrected chi connectivity index (χ0v) is 11.5. The summed E-state index contributed by atoms with van der Waals surface area (Å²) in [4.78, 5) is 22.3. The summed E-state index contributed by atoms with van der Waals surface area (Å²) in [5, 5.41) is 12.9. The molecular formula is C12H12ClF3N2O3. The number of carboxylic acids is 1. The molecule has 0 saturated heterocycles. The van der Waals surface area contributed by atoms with Crippen molar-refractivity contribution < 1.29 is 27.9 Å². The summed E-state index contributed by atoms with van der Waals surface area (Å²) in [5.74, 6) is -2.97. The van der Waals surface area contributed by atoms with E-state index < -0.39 is 30.1 Å². The molecule has 0 fully saturated rings. The molecule has 1 amide bonds. The molecule has 0 aliphatic carbocycles. The maximum absolute atomic E-state index is 12.7. The Kier molecular flexibility index (Phi) is 5.19. The summed E-state index contributed by atoms with van der Waals surface area (Å²) in [6.45, 7) is -0.397.